The van der Waals surface area contributed by atoms with Gasteiger partial charge in [-0.2, -0.15) is 0 Å². The highest BCUT2D eigenvalue weighted by molar-refractivity contribution is 5.93. The number of hydrogen-bond donors (Lipinski definition) is 2. The molecule has 2 aromatic heterocycles. The van der Waals surface area contributed by atoms with Crippen LogP contribution in [-0.2, 0) is 17.9 Å². The molecule has 2 heterocycles. The molecule has 0 atom stereocenters. The van der Waals surface area contributed by atoms with Gasteiger partial charge in [-0.1, -0.05) is 5.21 Å². The Labute approximate surface area is 108 Å². The first-order valence-electron chi connectivity index (χ1n) is 5.66. The standard InChI is InChI=1S/C11H13N5O3/c17-10(18)8-15-5-1-2-9(15)11(19)12-3-6-16-7-4-13-14-16/h1-2,4-5,7H,3,6,8H2,(H,12,19)(H,17,18). The lowest BCUT2D eigenvalue weighted by atomic mass is 10.4. The number of carbonyl (C=O) groups is 2. The molecule has 2 rings (SSSR count). The highest BCUT2D eigenvalue weighted by Gasteiger charge is 2.11. The number of rotatable bonds is 6. The van der Waals surface area contributed by atoms with Crippen LogP contribution in [0.5, 0.6) is 0 Å². The van der Waals surface area contributed by atoms with Crippen molar-refractivity contribution in [2.45, 2.75) is 13.1 Å². The molecule has 0 fully saturated rings. The summed E-state index contributed by atoms with van der Waals surface area (Å²) < 4.78 is 2.98. The Hall–Kier alpha value is -2.64. The summed E-state index contributed by atoms with van der Waals surface area (Å²) in [5.74, 6) is -1.31. The van der Waals surface area contributed by atoms with Crippen molar-refractivity contribution in [1.82, 2.24) is 24.9 Å². The van der Waals surface area contributed by atoms with Crippen LogP contribution >= 0.6 is 0 Å². The smallest absolute Gasteiger partial charge is 0.323 e. The van der Waals surface area contributed by atoms with Crippen molar-refractivity contribution < 1.29 is 14.7 Å². The SMILES string of the molecule is O=C(O)Cn1cccc1C(=O)NCCn1ccnn1. The van der Waals surface area contributed by atoms with Crippen molar-refractivity contribution in [3.63, 3.8) is 0 Å². The number of carboxylic acid groups (broad SMARTS) is 1. The molecule has 0 spiro atoms. The van der Waals surface area contributed by atoms with Gasteiger partial charge in [-0.15, -0.1) is 5.10 Å². The van der Waals surface area contributed by atoms with E-state index in [1.807, 2.05) is 0 Å². The van der Waals surface area contributed by atoms with Crippen molar-refractivity contribution in [3.8, 4) is 0 Å². The predicted octanol–water partition coefficient (Wildman–Crippen LogP) is -0.406. The van der Waals surface area contributed by atoms with Crippen LogP contribution in [0.1, 0.15) is 10.5 Å². The molecule has 0 radical (unpaired) electrons. The molecular weight excluding hydrogens is 250 g/mol. The Kier molecular flexibility index (Phi) is 3.91. The van der Waals surface area contributed by atoms with Crippen LogP contribution in [0.2, 0.25) is 0 Å². The summed E-state index contributed by atoms with van der Waals surface area (Å²) in [7, 11) is 0. The second-order valence-corrected chi connectivity index (χ2v) is 3.84. The minimum atomic E-state index is -0.993. The maximum atomic E-state index is 11.9. The van der Waals surface area contributed by atoms with E-state index in [1.165, 1.54) is 4.57 Å². The van der Waals surface area contributed by atoms with E-state index in [0.29, 0.717) is 18.8 Å². The average molecular weight is 263 g/mol. The Balaban J connectivity index is 1.89. The second kappa shape index (κ2) is 5.80. The Morgan fingerprint density at radius 3 is 2.89 bits per heavy atom. The van der Waals surface area contributed by atoms with Gasteiger partial charge in [0.05, 0.1) is 12.7 Å². The minimum Gasteiger partial charge on any atom is -0.480 e. The van der Waals surface area contributed by atoms with Gasteiger partial charge in [0.25, 0.3) is 5.91 Å². The van der Waals surface area contributed by atoms with Crippen LogP contribution in [0.15, 0.2) is 30.7 Å². The highest BCUT2D eigenvalue weighted by Crippen LogP contribution is 2.02. The van der Waals surface area contributed by atoms with Crippen LogP contribution in [0.3, 0.4) is 0 Å². The number of nitrogens with one attached hydrogen (secondary N) is 1. The largest absolute Gasteiger partial charge is 0.480 e. The Morgan fingerprint density at radius 2 is 2.21 bits per heavy atom. The fourth-order valence-electron chi connectivity index (χ4n) is 1.63. The number of aromatic nitrogens is 4. The molecule has 8 heteroatoms. The molecule has 0 aliphatic carbocycles. The van der Waals surface area contributed by atoms with Crippen molar-refractivity contribution in [2.75, 3.05) is 6.54 Å². The van der Waals surface area contributed by atoms with E-state index in [1.54, 1.807) is 35.4 Å². The van der Waals surface area contributed by atoms with Gasteiger partial charge in [-0.25, -0.2) is 0 Å². The summed E-state index contributed by atoms with van der Waals surface area (Å²) in [6, 6.07) is 3.21. The van der Waals surface area contributed by atoms with Gasteiger partial charge < -0.3 is 15.0 Å². The van der Waals surface area contributed by atoms with E-state index in [0.717, 1.165) is 0 Å². The van der Waals surface area contributed by atoms with Gasteiger partial charge in [-0.3, -0.25) is 14.3 Å². The maximum Gasteiger partial charge on any atom is 0.323 e. The second-order valence-electron chi connectivity index (χ2n) is 3.84. The number of carbonyl (C=O) groups excluding carboxylic acids is 1. The number of amides is 1. The summed E-state index contributed by atoms with van der Waals surface area (Å²) >= 11 is 0. The third-order valence-corrected chi connectivity index (χ3v) is 2.47. The minimum absolute atomic E-state index is 0.237. The van der Waals surface area contributed by atoms with Crippen molar-refractivity contribution in [1.29, 1.82) is 0 Å². The Bertz CT molecular complexity index is 561. The summed E-state index contributed by atoms with van der Waals surface area (Å²) in [4.78, 5) is 22.5. The molecule has 100 valence electrons. The van der Waals surface area contributed by atoms with Crippen LogP contribution in [-0.4, -0.2) is 43.1 Å². The summed E-state index contributed by atoms with van der Waals surface area (Å²) in [6.07, 6.45) is 4.81. The van der Waals surface area contributed by atoms with Crippen LogP contribution in [0, 0.1) is 0 Å². The number of nitrogens with zero attached hydrogens (tertiary/aromatic N) is 4. The fraction of sp³-hybridized carbons (Fsp3) is 0.273. The quantitative estimate of drug-likeness (QED) is 0.738. The van der Waals surface area contributed by atoms with Crippen LogP contribution in [0.25, 0.3) is 0 Å². The fourth-order valence-corrected chi connectivity index (χ4v) is 1.63. The van der Waals surface area contributed by atoms with Gasteiger partial charge >= 0.3 is 5.97 Å². The Morgan fingerprint density at radius 1 is 1.37 bits per heavy atom. The summed E-state index contributed by atoms with van der Waals surface area (Å²) in [5, 5.41) is 18.8. The van der Waals surface area contributed by atoms with Gasteiger partial charge in [0.15, 0.2) is 0 Å². The first-order chi connectivity index (χ1) is 9.16. The molecule has 0 saturated heterocycles. The molecule has 0 aromatic carbocycles. The molecule has 2 aromatic rings. The lowest BCUT2D eigenvalue weighted by Gasteiger charge is -2.07. The van der Waals surface area contributed by atoms with Gasteiger partial charge in [0.2, 0.25) is 0 Å². The lowest BCUT2D eigenvalue weighted by Crippen LogP contribution is -2.29. The van der Waals surface area contributed by atoms with E-state index in [-0.39, 0.29) is 12.5 Å². The van der Waals surface area contributed by atoms with Crippen LogP contribution < -0.4 is 5.32 Å². The first kappa shape index (κ1) is 12.8. The predicted molar refractivity (Wildman–Crippen MR) is 64.4 cm³/mol. The molecule has 0 bridgehead atoms. The first-order valence-corrected chi connectivity index (χ1v) is 5.66. The molecular formula is C11H13N5O3. The third kappa shape index (κ3) is 3.41. The van der Waals surface area contributed by atoms with Crippen LogP contribution in [0.4, 0.5) is 0 Å². The van der Waals surface area contributed by atoms with E-state index < -0.39 is 5.97 Å². The molecule has 0 unspecified atom stereocenters. The van der Waals surface area contributed by atoms with Gasteiger partial charge in [-0.05, 0) is 12.1 Å². The van der Waals surface area contributed by atoms with Gasteiger partial charge in [0, 0.05) is 18.9 Å². The zero-order chi connectivity index (χ0) is 13.7. The van der Waals surface area contributed by atoms with Gasteiger partial charge in [0.1, 0.15) is 12.2 Å². The lowest BCUT2D eigenvalue weighted by molar-refractivity contribution is -0.137. The number of aliphatic carboxylic acids is 1. The van der Waals surface area contributed by atoms with E-state index in [4.69, 9.17) is 5.11 Å². The van der Waals surface area contributed by atoms with Crippen molar-refractivity contribution in [3.05, 3.63) is 36.4 Å². The number of carboxylic acids is 1. The molecule has 8 nitrogen and oxygen atoms in total. The third-order valence-electron chi connectivity index (χ3n) is 2.47. The molecule has 2 N–H and O–H groups in total. The molecule has 0 aliphatic heterocycles. The van der Waals surface area contributed by atoms with E-state index in [9.17, 15) is 9.59 Å². The molecule has 19 heavy (non-hydrogen) atoms. The van der Waals surface area contributed by atoms with E-state index in [2.05, 4.69) is 15.6 Å². The monoisotopic (exact) mass is 263 g/mol. The van der Waals surface area contributed by atoms with E-state index >= 15 is 0 Å². The summed E-state index contributed by atoms with van der Waals surface area (Å²) in [5.41, 5.74) is 0.320. The van der Waals surface area contributed by atoms with Crippen molar-refractivity contribution >= 4 is 11.9 Å². The van der Waals surface area contributed by atoms with Crippen molar-refractivity contribution in [2.24, 2.45) is 0 Å². The molecule has 1 amide bonds. The summed E-state index contributed by atoms with van der Waals surface area (Å²) in [6.45, 7) is 0.657. The topological polar surface area (TPSA) is 102 Å². The average Bonchev–Trinajstić information content (AvgIpc) is 2.99. The normalized spacial score (nSPS) is 10.3. The molecule has 0 aliphatic rings. The zero-order valence-electron chi connectivity index (χ0n) is 10.1. The highest BCUT2D eigenvalue weighted by atomic mass is 16.4. The molecule has 0 saturated carbocycles. The maximum absolute atomic E-state index is 11.9. The zero-order valence-corrected chi connectivity index (χ0v) is 10.1. The number of hydrogen-bond acceptors (Lipinski definition) is 4.